The number of aliphatic hydroxyl groups is 1. The molecule has 1 fully saturated rings. The second-order valence-electron chi connectivity index (χ2n) is 8.62. The number of esters is 1. The van der Waals surface area contributed by atoms with Gasteiger partial charge in [0.1, 0.15) is 24.4 Å². The van der Waals surface area contributed by atoms with Crippen LogP contribution in [0.4, 0.5) is 0 Å². The smallest absolute Gasteiger partial charge is 0.305 e. The third kappa shape index (κ3) is 8.79. The first kappa shape index (κ1) is 29.6. The van der Waals surface area contributed by atoms with Gasteiger partial charge in [0.25, 0.3) is 0 Å². The van der Waals surface area contributed by atoms with Crippen LogP contribution in [0.2, 0.25) is 0 Å². The maximum Gasteiger partial charge on any atom is 0.305 e. The van der Waals surface area contributed by atoms with Crippen molar-refractivity contribution in [3.05, 3.63) is 108 Å². The second-order valence-corrected chi connectivity index (χ2v) is 8.62. The predicted octanol–water partition coefficient (Wildman–Crippen LogP) is 4.02. The van der Waals surface area contributed by atoms with Gasteiger partial charge in [-0.15, -0.1) is 0 Å². The minimum Gasteiger partial charge on any atom is -0.433 e. The van der Waals surface area contributed by atoms with E-state index in [2.05, 4.69) is 0 Å². The van der Waals surface area contributed by atoms with Crippen LogP contribution >= 0.6 is 0 Å². The minimum absolute atomic E-state index is 0. The van der Waals surface area contributed by atoms with Gasteiger partial charge < -0.3 is 28.8 Å². The van der Waals surface area contributed by atoms with Crippen LogP contribution < -0.4 is 0 Å². The van der Waals surface area contributed by atoms with Crippen LogP contribution in [-0.2, 0) is 81.0 Å². The number of rotatable bonds is 11. The summed E-state index contributed by atoms with van der Waals surface area (Å²) in [5.74, 6) is -0.518. The molecule has 4 rings (SSSR count). The molecule has 1 radical (unpaired) electrons. The maximum atomic E-state index is 11.9. The van der Waals surface area contributed by atoms with Crippen molar-refractivity contribution in [2.45, 2.75) is 57.5 Å². The van der Waals surface area contributed by atoms with Crippen molar-refractivity contribution in [2.75, 3.05) is 6.61 Å². The number of ether oxygens (including phenoxy) is 5. The summed E-state index contributed by atoms with van der Waals surface area (Å²) >= 11 is 0. The molecule has 1 saturated heterocycles. The number of hydrogen-bond donors (Lipinski definition) is 1. The van der Waals surface area contributed by atoms with Crippen molar-refractivity contribution in [1.29, 1.82) is 0 Å². The van der Waals surface area contributed by atoms with Gasteiger partial charge in [-0.05, 0) is 16.7 Å². The van der Waals surface area contributed by atoms with E-state index >= 15 is 0 Å². The fourth-order valence-corrected chi connectivity index (χ4v) is 4.15. The van der Waals surface area contributed by atoms with Crippen LogP contribution in [0.1, 0.15) is 23.6 Å². The largest absolute Gasteiger partial charge is 0.433 e. The van der Waals surface area contributed by atoms with Crippen LogP contribution in [0.5, 0.6) is 0 Å². The van der Waals surface area contributed by atoms with Crippen LogP contribution in [-0.4, -0.2) is 48.4 Å². The first-order chi connectivity index (χ1) is 17.6. The first-order valence-electron chi connectivity index (χ1n) is 12.0. The number of carbonyl (C=O) groups is 1. The molecule has 1 heterocycles. The Labute approximate surface area is 242 Å². The third-order valence-corrected chi connectivity index (χ3v) is 5.91. The van der Waals surface area contributed by atoms with Gasteiger partial charge in [0.15, 0.2) is 0 Å². The van der Waals surface area contributed by atoms with Crippen molar-refractivity contribution >= 4 is 5.97 Å². The number of aliphatic hydroxyl groups excluding tert-OH is 1. The van der Waals surface area contributed by atoms with Gasteiger partial charge in [-0.2, -0.15) is 0 Å². The zero-order valence-electron chi connectivity index (χ0n) is 20.8. The molecule has 3 aromatic rings. The molecule has 37 heavy (non-hydrogen) atoms. The van der Waals surface area contributed by atoms with E-state index < -0.39 is 36.7 Å². The van der Waals surface area contributed by atoms with Gasteiger partial charge in [0.2, 0.25) is 6.29 Å². The second kappa shape index (κ2) is 15.4. The quantitative estimate of drug-likeness (QED) is 0.343. The molecule has 0 bridgehead atoms. The Morgan fingerprint density at radius 2 is 1.11 bits per heavy atom. The van der Waals surface area contributed by atoms with Crippen molar-refractivity contribution in [2.24, 2.45) is 0 Å². The van der Waals surface area contributed by atoms with Crippen LogP contribution in [0.15, 0.2) is 91.0 Å². The summed E-state index contributed by atoms with van der Waals surface area (Å²) in [5.41, 5.74) is 2.89. The Morgan fingerprint density at radius 3 is 1.51 bits per heavy atom. The number of benzene rings is 3. The van der Waals surface area contributed by atoms with Gasteiger partial charge in [-0.3, -0.25) is 4.79 Å². The summed E-state index contributed by atoms with van der Waals surface area (Å²) in [6.07, 6.45) is -4.00. The summed E-state index contributed by atoms with van der Waals surface area (Å²) in [5, 5.41) is 10.2. The molecule has 1 aliphatic heterocycles. The molecule has 3 unspecified atom stereocenters. The average Bonchev–Trinajstić information content (AvgIpc) is 2.91. The summed E-state index contributed by atoms with van der Waals surface area (Å²) < 4.78 is 30.4. The summed E-state index contributed by atoms with van der Waals surface area (Å²) in [6, 6.07) is 29.2. The molecule has 0 aliphatic carbocycles. The van der Waals surface area contributed by atoms with Gasteiger partial charge >= 0.3 is 5.97 Å². The molecule has 5 atom stereocenters. The van der Waals surface area contributed by atoms with E-state index in [-0.39, 0.29) is 52.5 Å². The van der Waals surface area contributed by atoms with E-state index in [1.165, 1.54) is 6.92 Å². The molecule has 1 N–H and O–H groups in total. The van der Waals surface area contributed by atoms with E-state index in [9.17, 15) is 9.90 Å². The molecular formula is C29H32O7Y. The normalized spacial score (nSPS) is 23.1. The molecule has 0 aromatic heterocycles. The Kier molecular flexibility index (Phi) is 12.4. The zero-order valence-corrected chi connectivity index (χ0v) is 23.7. The van der Waals surface area contributed by atoms with Gasteiger partial charge in [-0.25, -0.2) is 0 Å². The maximum absolute atomic E-state index is 11.9. The van der Waals surface area contributed by atoms with Crippen molar-refractivity contribution < 1.29 is 66.3 Å². The molecule has 8 heteroatoms. The van der Waals surface area contributed by atoms with E-state index in [0.29, 0.717) is 6.61 Å². The zero-order chi connectivity index (χ0) is 25.2. The number of carbonyl (C=O) groups excluding carboxylic acids is 1. The summed E-state index contributed by atoms with van der Waals surface area (Å²) in [4.78, 5) is 11.9. The van der Waals surface area contributed by atoms with Crippen LogP contribution in [0.25, 0.3) is 0 Å². The first-order valence-corrected chi connectivity index (χ1v) is 12.0. The summed E-state index contributed by atoms with van der Waals surface area (Å²) in [7, 11) is 0. The van der Waals surface area contributed by atoms with Crippen LogP contribution in [0, 0.1) is 0 Å². The van der Waals surface area contributed by atoms with E-state index in [4.69, 9.17) is 23.7 Å². The van der Waals surface area contributed by atoms with Crippen molar-refractivity contribution in [1.82, 2.24) is 0 Å². The third-order valence-electron chi connectivity index (χ3n) is 5.91. The van der Waals surface area contributed by atoms with Gasteiger partial charge in [0, 0.05) is 39.6 Å². The Balaban J connectivity index is 0.00000380. The molecule has 7 nitrogen and oxygen atoms in total. The molecule has 0 amide bonds. The van der Waals surface area contributed by atoms with Gasteiger partial charge in [-0.1, -0.05) is 91.0 Å². The Morgan fingerprint density at radius 1 is 0.703 bits per heavy atom. The number of hydrogen-bond acceptors (Lipinski definition) is 7. The predicted molar refractivity (Wildman–Crippen MR) is 133 cm³/mol. The molecule has 0 spiro atoms. The van der Waals surface area contributed by atoms with Crippen molar-refractivity contribution in [3.8, 4) is 0 Å². The summed E-state index contributed by atoms with van der Waals surface area (Å²) in [6.45, 7) is 1.80. The molecule has 1 aliphatic rings. The molecular weight excluding hydrogens is 549 g/mol. The fourth-order valence-electron chi connectivity index (χ4n) is 4.15. The van der Waals surface area contributed by atoms with Crippen LogP contribution in [0.3, 0.4) is 0 Å². The molecule has 0 saturated carbocycles. The fraction of sp³-hybridized carbons (Fsp3) is 0.345. The van der Waals surface area contributed by atoms with Crippen molar-refractivity contribution in [3.63, 3.8) is 0 Å². The molecule has 3 aromatic carbocycles. The molecule has 193 valence electrons. The topological polar surface area (TPSA) is 83.5 Å². The average molecular weight is 581 g/mol. The Hall–Kier alpha value is -1.97. The van der Waals surface area contributed by atoms with E-state index in [1.807, 2.05) is 91.0 Å². The van der Waals surface area contributed by atoms with Gasteiger partial charge in [0.05, 0.1) is 26.4 Å². The van der Waals surface area contributed by atoms with E-state index in [0.717, 1.165) is 16.7 Å². The van der Waals surface area contributed by atoms with E-state index in [1.54, 1.807) is 0 Å². The minimum atomic E-state index is -1.07. The standard InChI is InChI=1S/C29H32O7.Y/c1-21(31)35-29-28(34-20-24-15-9-4-10-16-24)27(33-19-23-13-7-3-8-14-23)26(25(17-30)36-29)32-18-22-11-5-2-6-12-22;/h2-16,25-30H,17-20H2,1H3;/t25?,26-,27-,28?,29?;/m0./s1. The SMILES string of the molecule is CC(=O)OC1OC(CO)[C@H](OCc2ccccc2)[C@H](OCc2ccccc2)C1OCc1ccccc1.[Y]. The Bertz CT molecular complexity index is 1050. The monoisotopic (exact) mass is 581 g/mol.